The average molecular weight is 213 g/mol. The van der Waals surface area contributed by atoms with Gasteiger partial charge in [-0.2, -0.15) is 0 Å². The van der Waals surface area contributed by atoms with Crippen molar-refractivity contribution in [2.45, 2.75) is 38.5 Å². The smallest absolute Gasteiger partial charge is 0.228 e. The standard InChI is InChI=1S/C11H19NO3/c1-7(2)8-10(9(13)12-8)5-11(6-10,14-3)15-4/h7-8H,5-6H2,1-4H3,(H,12,13). The van der Waals surface area contributed by atoms with Gasteiger partial charge in [0.05, 0.1) is 5.41 Å². The number of amides is 1. The second kappa shape index (κ2) is 3.19. The number of methoxy groups -OCH3 is 2. The maximum Gasteiger partial charge on any atom is 0.228 e. The zero-order valence-corrected chi connectivity index (χ0v) is 9.79. The first-order valence-corrected chi connectivity index (χ1v) is 5.41. The molecule has 4 nitrogen and oxygen atoms in total. The van der Waals surface area contributed by atoms with Gasteiger partial charge in [-0.3, -0.25) is 4.79 Å². The molecule has 1 atom stereocenters. The first kappa shape index (κ1) is 10.9. The van der Waals surface area contributed by atoms with E-state index in [4.69, 9.17) is 9.47 Å². The van der Waals surface area contributed by atoms with E-state index >= 15 is 0 Å². The molecule has 2 aliphatic rings. The first-order valence-electron chi connectivity index (χ1n) is 5.41. The molecule has 0 aromatic heterocycles. The summed E-state index contributed by atoms with van der Waals surface area (Å²) in [5, 5.41) is 2.97. The Morgan fingerprint density at radius 3 is 2.20 bits per heavy atom. The van der Waals surface area contributed by atoms with Crippen molar-refractivity contribution in [3.05, 3.63) is 0 Å². The lowest BCUT2D eigenvalue weighted by atomic mass is 9.53. The van der Waals surface area contributed by atoms with Crippen LogP contribution in [0.5, 0.6) is 0 Å². The van der Waals surface area contributed by atoms with Crippen molar-refractivity contribution < 1.29 is 14.3 Å². The number of carbonyl (C=O) groups excluding carboxylic acids is 1. The van der Waals surface area contributed by atoms with Crippen LogP contribution in [0.4, 0.5) is 0 Å². The molecule has 1 amide bonds. The summed E-state index contributed by atoms with van der Waals surface area (Å²) in [5.74, 6) is 0.102. The lowest BCUT2D eigenvalue weighted by Crippen LogP contribution is -2.77. The molecule has 4 heteroatoms. The molecular formula is C11H19NO3. The summed E-state index contributed by atoms with van der Waals surface area (Å²) < 4.78 is 10.7. The molecular weight excluding hydrogens is 194 g/mol. The summed E-state index contributed by atoms with van der Waals surface area (Å²) in [5.41, 5.74) is -0.222. The van der Waals surface area contributed by atoms with Crippen molar-refractivity contribution >= 4 is 5.91 Å². The topological polar surface area (TPSA) is 47.6 Å². The number of hydrogen-bond donors (Lipinski definition) is 1. The predicted molar refractivity (Wildman–Crippen MR) is 55.2 cm³/mol. The summed E-state index contributed by atoms with van der Waals surface area (Å²) >= 11 is 0. The number of hydrogen-bond acceptors (Lipinski definition) is 3. The average Bonchev–Trinajstić information content (AvgIpc) is 2.14. The monoisotopic (exact) mass is 213 g/mol. The minimum atomic E-state index is -0.523. The van der Waals surface area contributed by atoms with Crippen LogP contribution in [-0.4, -0.2) is 32.0 Å². The zero-order chi connectivity index (χ0) is 11.3. The molecule has 0 aromatic rings. The van der Waals surface area contributed by atoms with E-state index in [1.807, 2.05) is 0 Å². The number of β-lactam (4-membered cyclic amide) rings is 1. The Kier molecular flexibility index (Phi) is 2.32. The van der Waals surface area contributed by atoms with E-state index in [1.54, 1.807) is 14.2 Å². The van der Waals surface area contributed by atoms with E-state index in [0.29, 0.717) is 18.8 Å². The van der Waals surface area contributed by atoms with Crippen molar-refractivity contribution in [1.82, 2.24) is 5.32 Å². The van der Waals surface area contributed by atoms with Gasteiger partial charge in [0.2, 0.25) is 5.91 Å². The van der Waals surface area contributed by atoms with Gasteiger partial charge in [0, 0.05) is 33.1 Å². The van der Waals surface area contributed by atoms with E-state index < -0.39 is 5.79 Å². The molecule has 1 saturated heterocycles. The number of carbonyl (C=O) groups is 1. The number of ether oxygens (including phenoxy) is 2. The molecule has 0 aromatic carbocycles. The summed E-state index contributed by atoms with van der Waals surface area (Å²) in [7, 11) is 3.27. The lowest BCUT2D eigenvalue weighted by Gasteiger charge is -2.62. The largest absolute Gasteiger partial charge is 0.353 e. The van der Waals surface area contributed by atoms with Crippen molar-refractivity contribution in [2.24, 2.45) is 11.3 Å². The molecule has 1 N–H and O–H groups in total. The third kappa shape index (κ3) is 1.24. The van der Waals surface area contributed by atoms with Crippen LogP contribution in [-0.2, 0) is 14.3 Å². The quantitative estimate of drug-likeness (QED) is 0.560. The highest BCUT2D eigenvalue weighted by Crippen LogP contribution is 2.58. The fourth-order valence-corrected chi connectivity index (χ4v) is 2.95. The molecule has 86 valence electrons. The van der Waals surface area contributed by atoms with E-state index in [9.17, 15) is 4.79 Å². The maximum atomic E-state index is 11.6. The third-order valence-corrected chi connectivity index (χ3v) is 3.91. The Balaban J connectivity index is 2.09. The normalized spacial score (nSPS) is 31.0. The Morgan fingerprint density at radius 1 is 1.33 bits per heavy atom. The third-order valence-electron chi connectivity index (χ3n) is 3.91. The van der Waals surface area contributed by atoms with Gasteiger partial charge in [0.25, 0.3) is 0 Å². The van der Waals surface area contributed by atoms with Crippen LogP contribution < -0.4 is 5.32 Å². The summed E-state index contributed by atoms with van der Waals surface area (Å²) in [4.78, 5) is 11.6. The van der Waals surface area contributed by atoms with E-state index in [-0.39, 0.29) is 17.4 Å². The van der Waals surface area contributed by atoms with Crippen LogP contribution in [0.1, 0.15) is 26.7 Å². The minimum absolute atomic E-state index is 0.158. The highest BCUT2D eigenvalue weighted by molar-refractivity contribution is 5.91. The van der Waals surface area contributed by atoms with Gasteiger partial charge in [-0.05, 0) is 5.92 Å². The molecule has 1 heterocycles. The fraction of sp³-hybridized carbons (Fsp3) is 0.909. The maximum absolute atomic E-state index is 11.6. The molecule has 1 aliphatic heterocycles. The molecule has 1 spiro atoms. The van der Waals surface area contributed by atoms with E-state index in [2.05, 4.69) is 19.2 Å². The second-order valence-electron chi connectivity index (χ2n) is 5.02. The highest BCUT2D eigenvalue weighted by Gasteiger charge is 2.69. The van der Waals surface area contributed by atoms with E-state index in [0.717, 1.165) is 0 Å². The minimum Gasteiger partial charge on any atom is -0.353 e. The SMILES string of the molecule is COC1(OC)CC2(C1)C(=O)NC2C(C)C. The number of rotatable bonds is 3. The van der Waals surface area contributed by atoms with Gasteiger partial charge in [-0.1, -0.05) is 13.8 Å². The van der Waals surface area contributed by atoms with Gasteiger partial charge >= 0.3 is 0 Å². The molecule has 1 aliphatic carbocycles. The van der Waals surface area contributed by atoms with Gasteiger partial charge in [-0.15, -0.1) is 0 Å². The van der Waals surface area contributed by atoms with Crippen LogP contribution in [0.2, 0.25) is 0 Å². The lowest BCUT2D eigenvalue weighted by molar-refractivity contribution is -0.306. The van der Waals surface area contributed by atoms with Gasteiger partial charge < -0.3 is 14.8 Å². The Labute approximate surface area is 90.3 Å². The van der Waals surface area contributed by atoms with Gasteiger partial charge in [-0.25, -0.2) is 0 Å². The van der Waals surface area contributed by atoms with Gasteiger partial charge in [0.1, 0.15) is 0 Å². The molecule has 0 radical (unpaired) electrons. The van der Waals surface area contributed by atoms with Crippen LogP contribution in [0, 0.1) is 11.3 Å². The molecule has 2 rings (SSSR count). The highest BCUT2D eigenvalue weighted by atomic mass is 16.7. The van der Waals surface area contributed by atoms with Gasteiger partial charge in [0.15, 0.2) is 5.79 Å². The van der Waals surface area contributed by atoms with E-state index in [1.165, 1.54) is 0 Å². The molecule has 1 unspecified atom stereocenters. The van der Waals surface area contributed by atoms with Crippen LogP contribution >= 0.6 is 0 Å². The summed E-state index contributed by atoms with van der Waals surface area (Å²) in [6, 6.07) is 0.281. The summed E-state index contributed by atoms with van der Waals surface area (Å²) in [6.07, 6.45) is 1.36. The molecule has 2 fully saturated rings. The Morgan fingerprint density at radius 2 is 1.87 bits per heavy atom. The predicted octanol–water partition coefficient (Wildman–Crippen LogP) is 0.910. The van der Waals surface area contributed by atoms with Crippen LogP contribution in [0.25, 0.3) is 0 Å². The summed E-state index contributed by atoms with van der Waals surface area (Å²) in [6.45, 7) is 4.26. The number of nitrogens with one attached hydrogen (secondary N) is 1. The molecule has 15 heavy (non-hydrogen) atoms. The zero-order valence-electron chi connectivity index (χ0n) is 9.79. The van der Waals surface area contributed by atoms with Crippen molar-refractivity contribution in [3.63, 3.8) is 0 Å². The second-order valence-corrected chi connectivity index (χ2v) is 5.02. The molecule has 1 saturated carbocycles. The Bertz CT molecular complexity index is 276. The fourth-order valence-electron chi connectivity index (χ4n) is 2.95. The van der Waals surface area contributed by atoms with Crippen LogP contribution in [0.3, 0.4) is 0 Å². The van der Waals surface area contributed by atoms with Crippen molar-refractivity contribution in [3.8, 4) is 0 Å². The van der Waals surface area contributed by atoms with Crippen molar-refractivity contribution in [2.75, 3.05) is 14.2 Å². The molecule has 0 bridgehead atoms. The first-order chi connectivity index (χ1) is 6.99. The van der Waals surface area contributed by atoms with Crippen LogP contribution in [0.15, 0.2) is 0 Å². The van der Waals surface area contributed by atoms with Crippen molar-refractivity contribution in [1.29, 1.82) is 0 Å². The Hall–Kier alpha value is -0.610.